The second-order valence-corrected chi connectivity index (χ2v) is 7.30. The van der Waals surface area contributed by atoms with Gasteiger partial charge in [0.15, 0.2) is 0 Å². The lowest BCUT2D eigenvalue weighted by Gasteiger charge is -2.19. The summed E-state index contributed by atoms with van der Waals surface area (Å²) < 4.78 is 6.57. The molecule has 3 rings (SSSR count). The van der Waals surface area contributed by atoms with Gasteiger partial charge in [-0.25, -0.2) is 4.98 Å². The van der Waals surface area contributed by atoms with E-state index in [4.69, 9.17) is 16.3 Å². The maximum absolute atomic E-state index is 12.8. The van der Waals surface area contributed by atoms with Crippen molar-refractivity contribution in [3.63, 3.8) is 0 Å². The molecule has 0 aliphatic heterocycles. The Morgan fingerprint density at radius 1 is 1.32 bits per heavy atom. The summed E-state index contributed by atoms with van der Waals surface area (Å²) in [7, 11) is 1.69. The van der Waals surface area contributed by atoms with E-state index in [9.17, 15) is 4.79 Å². The number of amides is 1. The van der Waals surface area contributed by atoms with Gasteiger partial charge in [-0.05, 0) is 36.4 Å². The number of ether oxygens (including phenoxy) is 1. The third kappa shape index (κ3) is 4.39. The number of benzene rings is 2. The number of hydrogen-bond acceptors (Lipinski definition) is 4. The summed E-state index contributed by atoms with van der Waals surface area (Å²) in [5.41, 5.74) is 3.79. The lowest BCUT2D eigenvalue weighted by Crippen LogP contribution is -2.26. The first-order chi connectivity index (χ1) is 12.0. The molecule has 0 aliphatic carbocycles. The molecule has 1 aromatic heterocycles. The van der Waals surface area contributed by atoms with Crippen LogP contribution in [0.2, 0.25) is 5.02 Å². The minimum Gasteiger partial charge on any atom is -0.487 e. The van der Waals surface area contributed by atoms with E-state index < -0.39 is 0 Å². The molecule has 0 bridgehead atoms. The quantitative estimate of drug-likeness (QED) is 0.535. The average molecular weight is 438 g/mol. The molecule has 0 atom stereocenters. The summed E-state index contributed by atoms with van der Waals surface area (Å²) in [4.78, 5) is 18.5. The van der Waals surface area contributed by atoms with Crippen molar-refractivity contribution in [2.24, 2.45) is 0 Å². The van der Waals surface area contributed by atoms with E-state index >= 15 is 0 Å². The Bertz CT molecular complexity index is 887. The summed E-state index contributed by atoms with van der Waals surface area (Å²) in [5, 5.41) is 2.43. The second-order valence-electron chi connectivity index (χ2n) is 5.26. The Morgan fingerprint density at radius 2 is 2.16 bits per heavy atom. The predicted octanol–water partition coefficient (Wildman–Crippen LogP) is 5.41. The number of carbonyl (C=O) groups is 1. The molecule has 25 heavy (non-hydrogen) atoms. The standard InChI is InChI=1S/C18H14BrClN2O2S/c1-22(17-6-5-13(19)8-16(17)20)18(23)12-3-2-4-15(7-12)24-9-14-10-25-11-21-14/h2-8,10-11H,9H2,1H3. The summed E-state index contributed by atoms with van der Waals surface area (Å²) in [6.45, 7) is 0.371. The zero-order valence-corrected chi connectivity index (χ0v) is 16.4. The van der Waals surface area contributed by atoms with E-state index in [1.54, 1.807) is 42.9 Å². The largest absolute Gasteiger partial charge is 0.487 e. The molecule has 0 saturated carbocycles. The van der Waals surface area contributed by atoms with Gasteiger partial charge in [0, 0.05) is 22.5 Å². The van der Waals surface area contributed by atoms with E-state index in [1.807, 2.05) is 17.5 Å². The van der Waals surface area contributed by atoms with Gasteiger partial charge in [0.05, 0.1) is 21.9 Å². The maximum Gasteiger partial charge on any atom is 0.258 e. The highest BCUT2D eigenvalue weighted by Gasteiger charge is 2.16. The van der Waals surface area contributed by atoms with Crippen molar-refractivity contribution in [1.29, 1.82) is 0 Å². The topological polar surface area (TPSA) is 42.4 Å². The summed E-state index contributed by atoms with van der Waals surface area (Å²) >= 11 is 11.1. The Balaban J connectivity index is 1.76. The van der Waals surface area contributed by atoms with Gasteiger partial charge in [0.1, 0.15) is 12.4 Å². The van der Waals surface area contributed by atoms with Crippen LogP contribution < -0.4 is 9.64 Å². The molecular weight excluding hydrogens is 424 g/mol. The molecule has 0 N–H and O–H groups in total. The van der Waals surface area contributed by atoms with Crippen LogP contribution in [0.15, 0.2) is 57.8 Å². The van der Waals surface area contributed by atoms with Crippen molar-refractivity contribution in [1.82, 2.24) is 4.98 Å². The van der Waals surface area contributed by atoms with E-state index in [0.717, 1.165) is 10.2 Å². The molecule has 0 fully saturated rings. The van der Waals surface area contributed by atoms with Crippen molar-refractivity contribution in [3.05, 3.63) is 74.1 Å². The van der Waals surface area contributed by atoms with E-state index in [-0.39, 0.29) is 5.91 Å². The Kier molecular flexibility index (Phi) is 5.73. The van der Waals surface area contributed by atoms with Crippen LogP contribution in [0.25, 0.3) is 0 Å². The number of hydrogen-bond donors (Lipinski definition) is 0. The van der Waals surface area contributed by atoms with E-state index in [1.165, 1.54) is 16.2 Å². The first kappa shape index (κ1) is 17.9. The Morgan fingerprint density at radius 3 is 2.88 bits per heavy atom. The fourth-order valence-electron chi connectivity index (χ4n) is 2.24. The lowest BCUT2D eigenvalue weighted by molar-refractivity contribution is 0.0992. The van der Waals surface area contributed by atoms with E-state index in [2.05, 4.69) is 20.9 Å². The molecule has 0 saturated heterocycles. The molecule has 0 radical (unpaired) electrons. The predicted molar refractivity (Wildman–Crippen MR) is 105 cm³/mol. The van der Waals surface area contributed by atoms with Gasteiger partial charge in [-0.3, -0.25) is 4.79 Å². The average Bonchev–Trinajstić information content (AvgIpc) is 3.12. The number of anilines is 1. The van der Waals surface area contributed by atoms with Crippen LogP contribution in [0.4, 0.5) is 5.69 Å². The minimum atomic E-state index is -0.164. The van der Waals surface area contributed by atoms with Crippen LogP contribution in [0, 0.1) is 0 Å². The van der Waals surface area contributed by atoms with Crippen LogP contribution in [-0.4, -0.2) is 17.9 Å². The molecule has 7 heteroatoms. The molecule has 3 aromatic rings. The molecular formula is C18H14BrClN2O2S. The fraction of sp³-hybridized carbons (Fsp3) is 0.111. The van der Waals surface area contributed by atoms with Gasteiger partial charge in [-0.15, -0.1) is 11.3 Å². The molecule has 0 aliphatic rings. The first-order valence-corrected chi connectivity index (χ1v) is 9.49. The summed E-state index contributed by atoms with van der Waals surface area (Å²) in [6.07, 6.45) is 0. The van der Waals surface area contributed by atoms with Gasteiger partial charge >= 0.3 is 0 Å². The van der Waals surface area contributed by atoms with Crippen LogP contribution >= 0.6 is 38.9 Å². The zero-order chi connectivity index (χ0) is 17.8. The zero-order valence-electron chi connectivity index (χ0n) is 13.3. The second kappa shape index (κ2) is 7.99. The maximum atomic E-state index is 12.8. The molecule has 1 heterocycles. The van der Waals surface area contributed by atoms with Gasteiger partial charge in [-0.2, -0.15) is 0 Å². The minimum absolute atomic E-state index is 0.164. The third-order valence-corrected chi connectivity index (χ3v) is 4.96. The van der Waals surface area contributed by atoms with Crippen LogP contribution in [-0.2, 0) is 6.61 Å². The normalized spacial score (nSPS) is 10.5. The molecule has 1 amide bonds. The Hall–Kier alpha value is -1.89. The van der Waals surface area contributed by atoms with Crippen LogP contribution in [0.5, 0.6) is 5.75 Å². The number of aromatic nitrogens is 1. The fourth-order valence-corrected chi connectivity index (χ4v) is 3.58. The van der Waals surface area contributed by atoms with Crippen LogP contribution in [0.1, 0.15) is 16.1 Å². The first-order valence-electron chi connectivity index (χ1n) is 7.37. The Labute approximate surface area is 163 Å². The number of thiazole rings is 1. The van der Waals surface area contributed by atoms with Crippen molar-refractivity contribution < 1.29 is 9.53 Å². The summed E-state index contributed by atoms with van der Waals surface area (Å²) in [6, 6.07) is 12.5. The molecule has 0 unspecified atom stereocenters. The van der Waals surface area contributed by atoms with Crippen molar-refractivity contribution >= 4 is 50.5 Å². The van der Waals surface area contributed by atoms with Gasteiger partial charge in [0.25, 0.3) is 5.91 Å². The summed E-state index contributed by atoms with van der Waals surface area (Å²) in [5.74, 6) is 0.456. The molecule has 0 spiro atoms. The van der Waals surface area contributed by atoms with Crippen molar-refractivity contribution in [3.8, 4) is 5.75 Å². The number of carbonyl (C=O) groups excluding carboxylic acids is 1. The van der Waals surface area contributed by atoms with Gasteiger partial charge in [0.2, 0.25) is 0 Å². The van der Waals surface area contributed by atoms with E-state index in [0.29, 0.717) is 28.6 Å². The highest BCUT2D eigenvalue weighted by Crippen LogP contribution is 2.29. The van der Waals surface area contributed by atoms with Crippen molar-refractivity contribution in [2.45, 2.75) is 6.61 Å². The van der Waals surface area contributed by atoms with Gasteiger partial charge < -0.3 is 9.64 Å². The number of rotatable bonds is 5. The molecule has 128 valence electrons. The molecule has 2 aromatic carbocycles. The van der Waals surface area contributed by atoms with Crippen molar-refractivity contribution in [2.75, 3.05) is 11.9 Å². The molecule has 4 nitrogen and oxygen atoms in total. The van der Waals surface area contributed by atoms with Gasteiger partial charge in [-0.1, -0.05) is 33.6 Å². The smallest absolute Gasteiger partial charge is 0.258 e. The number of nitrogens with zero attached hydrogens (tertiary/aromatic N) is 2. The lowest BCUT2D eigenvalue weighted by atomic mass is 10.1. The third-order valence-electron chi connectivity index (χ3n) is 3.53. The highest BCUT2D eigenvalue weighted by molar-refractivity contribution is 9.10. The van der Waals surface area contributed by atoms with Crippen LogP contribution in [0.3, 0.4) is 0 Å². The number of halogens is 2. The monoisotopic (exact) mass is 436 g/mol. The highest BCUT2D eigenvalue weighted by atomic mass is 79.9. The SMILES string of the molecule is CN(C(=O)c1cccc(OCc2cscn2)c1)c1ccc(Br)cc1Cl.